The molecule has 6 nitrogen and oxygen atoms in total. The molecule has 1 aliphatic heterocycles. The van der Waals surface area contributed by atoms with E-state index in [1.165, 1.54) is 0 Å². The fourth-order valence-electron chi connectivity index (χ4n) is 2.09. The highest BCUT2D eigenvalue weighted by atomic mass is 16.3. The van der Waals surface area contributed by atoms with Gasteiger partial charge in [-0.05, 0) is 17.7 Å². The Morgan fingerprint density at radius 1 is 1.61 bits per heavy atom. The summed E-state index contributed by atoms with van der Waals surface area (Å²) in [5.41, 5.74) is 2.40. The van der Waals surface area contributed by atoms with Crippen molar-refractivity contribution in [2.75, 3.05) is 6.54 Å². The standard InChI is InChI=1S/C12H10N4O2/c1-7-14-9-4-8(2-3-11(9)18-7)10-5-16(6-13)12(17)15-10/h2-4,10H,5H2,1H3,(H,15,17). The molecule has 0 spiro atoms. The molecule has 18 heavy (non-hydrogen) atoms. The van der Waals surface area contributed by atoms with Crippen LogP contribution in [0.15, 0.2) is 22.6 Å². The molecule has 6 heteroatoms. The van der Waals surface area contributed by atoms with Crippen molar-refractivity contribution in [1.29, 1.82) is 5.26 Å². The van der Waals surface area contributed by atoms with Crippen LogP contribution in [0.3, 0.4) is 0 Å². The predicted molar refractivity (Wildman–Crippen MR) is 62.3 cm³/mol. The van der Waals surface area contributed by atoms with Gasteiger partial charge < -0.3 is 9.73 Å². The number of aryl methyl sites for hydroxylation is 1. The molecule has 3 rings (SSSR count). The van der Waals surface area contributed by atoms with Gasteiger partial charge in [-0.3, -0.25) is 0 Å². The number of fused-ring (bicyclic) bond motifs is 1. The Morgan fingerprint density at radius 2 is 2.44 bits per heavy atom. The summed E-state index contributed by atoms with van der Waals surface area (Å²) in [5.74, 6) is 0.608. The van der Waals surface area contributed by atoms with Gasteiger partial charge in [0.1, 0.15) is 5.52 Å². The van der Waals surface area contributed by atoms with Gasteiger partial charge in [0.2, 0.25) is 0 Å². The van der Waals surface area contributed by atoms with E-state index >= 15 is 0 Å². The average molecular weight is 242 g/mol. The Kier molecular flexibility index (Phi) is 2.20. The number of aromatic nitrogens is 1. The van der Waals surface area contributed by atoms with Gasteiger partial charge in [-0.2, -0.15) is 5.26 Å². The zero-order valence-electron chi connectivity index (χ0n) is 9.67. The maximum atomic E-state index is 11.4. The lowest BCUT2D eigenvalue weighted by Crippen LogP contribution is -2.23. The molecule has 1 aliphatic rings. The molecule has 1 aromatic carbocycles. The van der Waals surface area contributed by atoms with E-state index in [1.54, 1.807) is 6.92 Å². The number of hydrogen-bond acceptors (Lipinski definition) is 4. The molecule has 0 aliphatic carbocycles. The topological polar surface area (TPSA) is 82.2 Å². The van der Waals surface area contributed by atoms with Crippen LogP contribution in [0.2, 0.25) is 0 Å². The fraction of sp³-hybridized carbons (Fsp3) is 0.250. The lowest BCUT2D eigenvalue weighted by Gasteiger charge is -2.08. The Morgan fingerprint density at radius 3 is 3.17 bits per heavy atom. The molecule has 1 aromatic heterocycles. The van der Waals surface area contributed by atoms with Gasteiger partial charge in [0.25, 0.3) is 0 Å². The van der Waals surface area contributed by atoms with Crippen molar-refractivity contribution in [2.45, 2.75) is 13.0 Å². The molecule has 90 valence electrons. The molecular weight excluding hydrogens is 232 g/mol. The molecule has 2 amide bonds. The molecule has 1 saturated heterocycles. The van der Waals surface area contributed by atoms with Crippen LogP contribution in [0, 0.1) is 18.4 Å². The number of carbonyl (C=O) groups is 1. The Bertz CT molecular complexity index is 670. The molecule has 0 bridgehead atoms. The van der Waals surface area contributed by atoms with E-state index in [9.17, 15) is 4.79 Å². The van der Waals surface area contributed by atoms with Gasteiger partial charge in [0.15, 0.2) is 17.7 Å². The van der Waals surface area contributed by atoms with Crippen molar-refractivity contribution < 1.29 is 9.21 Å². The van der Waals surface area contributed by atoms with Crippen LogP contribution < -0.4 is 5.32 Å². The molecule has 2 heterocycles. The smallest absolute Gasteiger partial charge is 0.331 e. The summed E-state index contributed by atoms with van der Waals surface area (Å²) in [6.45, 7) is 2.13. The van der Waals surface area contributed by atoms with E-state index in [1.807, 2.05) is 24.4 Å². The van der Waals surface area contributed by atoms with Crippen LogP contribution in [0.1, 0.15) is 17.5 Å². The normalized spacial score (nSPS) is 19.0. The number of benzene rings is 1. The zero-order chi connectivity index (χ0) is 12.7. The van der Waals surface area contributed by atoms with E-state index < -0.39 is 0 Å². The maximum absolute atomic E-state index is 11.4. The van der Waals surface area contributed by atoms with E-state index in [4.69, 9.17) is 9.68 Å². The number of amides is 2. The van der Waals surface area contributed by atoms with Crippen LogP contribution >= 0.6 is 0 Å². The van der Waals surface area contributed by atoms with E-state index in [2.05, 4.69) is 10.3 Å². The molecule has 0 radical (unpaired) electrons. The van der Waals surface area contributed by atoms with Crippen molar-refractivity contribution in [2.24, 2.45) is 0 Å². The summed E-state index contributed by atoms with van der Waals surface area (Å²) < 4.78 is 5.39. The number of urea groups is 1. The largest absolute Gasteiger partial charge is 0.441 e. The summed E-state index contributed by atoms with van der Waals surface area (Å²) in [5, 5.41) is 11.5. The van der Waals surface area contributed by atoms with Crippen molar-refractivity contribution in [1.82, 2.24) is 15.2 Å². The number of nitrogens with one attached hydrogen (secondary N) is 1. The van der Waals surface area contributed by atoms with E-state index in [-0.39, 0.29) is 12.1 Å². The first-order valence-electron chi connectivity index (χ1n) is 5.52. The second kappa shape index (κ2) is 3.74. The van der Waals surface area contributed by atoms with Crippen LogP contribution in [-0.4, -0.2) is 22.5 Å². The summed E-state index contributed by atoms with van der Waals surface area (Å²) in [4.78, 5) is 16.8. The minimum atomic E-state index is -0.362. The number of carbonyl (C=O) groups excluding carboxylic acids is 1. The first-order valence-corrected chi connectivity index (χ1v) is 5.52. The average Bonchev–Trinajstić information content (AvgIpc) is 2.89. The molecule has 1 N–H and O–H groups in total. The minimum Gasteiger partial charge on any atom is -0.441 e. The monoisotopic (exact) mass is 242 g/mol. The third-order valence-corrected chi connectivity index (χ3v) is 2.95. The lowest BCUT2D eigenvalue weighted by molar-refractivity contribution is 0.232. The van der Waals surface area contributed by atoms with Gasteiger partial charge in [-0.1, -0.05) is 6.07 Å². The third kappa shape index (κ3) is 1.57. The molecular formula is C12H10N4O2. The predicted octanol–water partition coefficient (Wildman–Crippen LogP) is 1.68. The molecule has 2 aromatic rings. The third-order valence-electron chi connectivity index (χ3n) is 2.95. The van der Waals surface area contributed by atoms with Gasteiger partial charge >= 0.3 is 6.03 Å². The van der Waals surface area contributed by atoms with Crippen molar-refractivity contribution in [3.05, 3.63) is 29.7 Å². The van der Waals surface area contributed by atoms with Crippen LogP contribution in [-0.2, 0) is 0 Å². The number of nitrogens with zero attached hydrogens (tertiary/aromatic N) is 3. The van der Waals surface area contributed by atoms with Gasteiger partial charge in [-0.15, -0.1) is 0 Å². The second-order valence-corrected chi connectivity index (χ2v) is 4.17. The van der Waals surface area contributed by atoms with Crippen LogP contribution in [0.25, 0.3) is 11.1 Å². The number of nitriles is 1. The van der Waals surface area contributed by atoms with E-state index in [0.29, 0.717) is 12.4 Å². The Hall–Kier alpha value is -2.55. The van der Waals surface area contributed by atoms with Crippen molar-refractivity contribution in [3.8, 4) is 6.19 Å². The van der Waals surface area contributed by atoms with Gasteiger partial charge in [0, 0.05) is 6.92 Å². The first-order chi connectivity index (χ1) is 8.67. The molecule has 1 atom stereocenters. The maximum Gasteiger partial charge on any atom is 0.331 e. The zero-order valence-corrected chi connectivity index (χ0v) is 9.67. The van der Waals surface area contributed by atoms with Gasteiger partial charge in [0.05, 0.1) is 12.6 Å². The SMILES string of the molecule is Cc1nc2cc(C3CN(C#N)C(=O)N3)ccc2o1. The molecule has 1 fully saturated rings. The van der Waals surface area contributed by atoms with Gasteiger partial charge in [-0.25, -0.2) is 14.7 Å². The summed E-state index contributed by atoms with van der Waals surface area (Å²) in [7, 11) is 0. The molecule has 0 saturated carbocycles. The highest BCUT2D eigenvalue weighted by Crippen LogP contribution is 2.24. The number of rotatable bonds is 1. The van der Waals surface area contributed by atoms with Crippen LogP contribution in [0.5, 0.6) is 0 Å². The highest BCUT2D eigenvalue weighted by molar-refractivity contribution is 5.79. The second-order valence-electron chi connectivity index (χ2n) is 4.17. The van der Waals surface area contributed by atoms with Crippen LogP contribution in [0.4, 0.5) is 4.79 Å². The quantitative estimate of drug-likeness (QED) is 0.771. The summed E-state index contributed by atoms with van der Waals surface area (Å²) in [6.07, 6.45) is 1.84. The first kappa shape index (κ1) is 10.6. The van der Waals surface area contributed by atoms with Crippen molar-refractivity contribution in [3.63, 3.8) is 0 Å². The Balaban J connectivity index is 1.96. The number of oxazole rings is 1. The van der Waals surface area contributed by atoms with Crippen molar-refractivity contribution >= 4 is 17.1 Å². The highest BCUT2D eigenvalue weighted by Gasteiger charge is 2.29. The molecule has 1 unspecified atom stereocenters. The Labute approximate surface area is 103 Å². The van der Waals surface area contributed by atoms with E-state index in [0.717, 1.165) is 21.6 Å². The number of hydrogen-bond donors (Lipinski definition) is 1. The lowest BCUT2D eigenvalue weighted by atomic mass is 10.1. The fourth-order valence-corrected chi connectivity index (χ4v) is 2.09. The summed E-state index contributed by atoms with van der Waals surface area (Å²) in [6, 6.07) is 5.03. The summed E-state index contributed by atoms with van der Waals surface area (Å²) >= 11 is 0. The minimum absolute atomic E-state index is 0.182.